The number of hydrogen-bond donors (Lipinski definition) is 0. The van der Waals surface area contributed by atoms with Gasteiger partial charge in [0.05, 0.1) is 5.54 Å². The van der Waals surface area contributed by atoms with Crippen LogP contribution in [0.25, 0.3) is 0 Å². The molecule has 0 N–H and O–H groups in total. The average molecular weight is 277 g/mol. The van der Waals surface area contributed by atoms with Gasteiger partial charge in [-0.15, -0.1) is 0 Å². The molecule has 0 aliphatic carbocycles. The third kappa shape index (κ3) is 4.48. The molecule has 0 saturated carbocycles. The van der Waals surface area contributed by atoms with E-state index >= 15 is 0 Å². The molecule has 0 aromatic heterocycles. The van der Waals surface area contributed by atoms with E-state index in [-0.39, 0.29) is 5.54 Å². The maximum Gasteiger partial charge on any atom is 0.0775 e. The summed E-state index contributed by atoms with van der Waals surface area (Å²) in [7, 11) is 0. The van der Waals surface area contributed by atoms with Gasteiger partial charge in [-0.25, -0.2) is 0 Å². The normalized spacial score (nSPS) is 11.0. The first-order valence-electron chi connectivity index (χ1n) is 7.49. The smallest absolute Gasteiger partial charge is 0.0775 e. The molecule has 2 rings (SSSR count). The molecule has 0 aliphatic heterocycles. The molecule has 1 nitrogen and oxygen atoms in total. The van der Waals surface area contributed by atoms with Gasteiger partial charge in [-0.2, -0.15) is 0 Å². The topological polar surface area (TPSA) is 3.24 Å². The fourth-order valence-corrected chi connectivity index (χ4v) is 2.33. The zero-order chi connectivity index (χ0) is 15.1. The van der Waals surface area contributed by atoms with Gasteiger partial charge in [-0.3, -0.25) is 4.90 Å². The second kappa shape index (κ2) is 7.11. The van der Waals surface area contributed by atoms with E-state index in [1.807, 2.05) is 18.2 Å². The van der Waals surface area contributed by atoms with Crippen LogP contribution in [0, 0.1) is 11.8 Å². The highest BCUT2D eigenvalue weighted by atomic mass is 15.2. The Kier molecular flexibility index (Phi) is 5.20. The SMILES string of the molecule is CCN(Cc1ccccc1)C(C)(C)C#Cc1ccccc1. The monoisotopic (exact) mass is 277 g/mol. The number of rotatable bonds is 4. The summed E-state index contributed by atoms with van der Waals surface area (Å²) in [4.78, 5) is 2.40. The van der Waals surface area contributed by atoms with Gasteiger partial charge in [0, 0.05) is 12.1 Å². The van der Waals surface area contributed by atoms with Crippen molar-refractivity contribution in [1.82, 2.24) is 4.90 Å². The first kappa shape index (κ1) is 15.4. The number of benzene rings is 2. The third-order valence-electron chi connectivity index (χ3n) is 3.68. The van der Waals surface area contributed by atoms with E-state index in [4.69, 9.17) is 0 Å². The van der Waals surface area contributed by atoms with Crippen molar-refractivity contribution < 1.29 is 0 Å². The highest BCUT2D eigenvalue weighted by molar-refractivity contribution is 5.36. The standard InChI is InChI=1S/C20H23N/c1-4-21(17-19-13-9-6-10-14-19)20(2,3)16-15-18-11-7-5-8-12-18/h5-14H,4,17H2,1-3H3. The molecule has 0 aliphatic rings. The Morgan fingerprint density at radius 3 is 2.05 bits per heavy atom. The predicted octanol–water partition coefficient (Wildman–Crippen LogP) is 4.34. The highest BCUT2D eigenvalue weighted by Crippen LogP contribution is 2.17. The molecule has 0 amide bonds. The van der Waals surface area contributed by atoms with E-state index in [1.165, 1.54) is 5.56 Å². The second-order valence-electron chi connectivity index (χ2n) is 5.67. The summed E-state index contributed by atoms with van der Waals surface area (Å²) in [5.74, 6) is 6.72. The van der Waals surface area contributed by atoms with Gasteiger partial charge in [-0.1, -0.05) is 67.3 Å². The molecule has 0 fully saturated rings. The Morgan fingerprint density at radius 2 is 1.48 bits per heavy atom. The summed E-state index contributed by atoms with van der Waals surface area (Å²) in [5.41, 5.74) is 2.25. The largest absolute Gasteiger partial charge is 0.284 e. The van der Waals surface area contributed by atoms with Crippen molar-refractivity contribution in [3.05, 3.63) is 71.8 Å². The summed E-state index contributed by atoms with van der Waals surface area (Å²) in [5, 5.41) is 0. The molecule has 0 heterocycles. The van der Waals surface area contributed by atoms with Crippen molar-refractivity contribution in [2.75, 3.05) is 6.54 Å². The zero-order valence-corrected chi connectivity index (χ0v) is 13.1. The Labute approximate surface area is 128 Å². The molecule has 1 heteroatoms. The molecule has 0 bridgehead atoms. The summed E-state index contributed by atoms with van der Waals surface area (Å²) in [6.45, 7) is 8.47. The first-order valence-corrected chi connectivity index (χ1v) is 7.49. The predicted molar refractivity (Wildman–Crippen MR) is 89.9 cm³/mol. The van der Waals surface area contributed by atoms with Gasteiger partial charge in [-0.05, 0) is 38.1 Å². The van der Waals surface area contributed by atoms with E-state index in [0.717, 1.165) is 18.7 Å². The molecule has 0 spiro atoms. The summed E-state index contributed by atoms with van der Waals surface area (Å²) < 4.78 is 0. The maximum atomic E-state index is 3.42. The Bertz CT molecular complexity index is 603. The number of nitrogens with zero attached hydrogens (tertiary/aromatic N) is 1. The Morgan fingerprint density at radius 1 is 0.905 bits per heavy atom. The molecule has 2 aromatic carbocycles. The second-order valence-corrected chi connectivity index (χ2v) is 5.67. The van der Waals surface area contributed by atoms with E-state index in [2.05, 4.69) is 80.0 Å². The van der Waals surface area contributed by atoms with Crippen molar-refractivity contribution in [2.45, 2.75) is 32.9 Å². The molecule has 2 aromatic rings. The van der Waals surface area contributed by atoms with E-state index in [9.17, 15) is 0 Å². The van der Waals surface area contributed by atoms with Crippen LogP contribution in [-0.4, -0.2) is 17.0 Å². The fourth-order valence-electron chi connectivity index (χ4n) is 2.33. The van der Waals surface area contributed by atoms with Gasteiger partial charge in [0.2, 0.25) is 0 Å². The Hall–Kier alpha value is -2.04. The maximum absolute atomic E-state index is 3.42. The molecule has 0 radical (unpaired) electrons. The van der Waals surface area contributed by atoms with Crippen molar-refractivity contribution in [3.8, 4) is 11.8 Å². The van der Waals surface area contributed by atoms with E-state index in [0.29, 0.717) is 0 Å². The minimum Gasteiger partial charge on any atom is -0.284 e. The molecule has 108 valence electrons. The van der Waals surface area contributed by atoms with Gasteiger partial charge in [0.1, 0.15) is 0 Å². The highest BCUT2D eigenvalue weighted by Gasteiger charge is 2.23. The van der Waals surface area contributed by atoms with Crippen LogP contribution in [0.4, 0.5) is 0 Å². The van der Waals surface area contributed by atoms with Crippen molar-refractivity contribution in [3.63, 3.8) is 0 Å². The Balaban J connectivity index is 2.14. The lowest BCUT2D eigenvalue weighted by molar-refractivity contribution is 0.170. The van der Waals surface area contributed by atoms with Gasteiger partial charge in [0.25, 0.3) is 0 Å². The summed E-state index contributed by atoms with van der Waals surface area (Å²) in [6.07, 6.45) is 0. The van der Waals surface area contributed by atoms with Crippen LogP contribution in [0.15, 0.2) is 60.7 Å². The molecular weight excluding hydrogens is 254 g/mol. The van der Waals surface area contributed by atoms with Crippen molar-refractivity contribution in [2.24, 2.45) is 0 Å². The van der Waals surface area contributed by atoms with Crippen LogP contribution in [-0.2, 0) is 6.54 Å². The quantitative estimate of drug-likeness (QED) is 0.751. The minimum atomic E-state index is -0.152. The molecule has 0 atom stereocenters. The molecular formula is C20H23N. The zero-order valence-electron chi connectivity index (χ0n) is 13.1. The van der Waals surface area contributed by atoms with Crippen LogP contribution < -0.4 is 0 Å². The minimum absolute atomic E-state index is 0.152. The third-order valence-corrected chi connectivity index (χ3v) is 3.68. The van der Waals surface area contributed by atoms with Crippen LogP contribution >= 0.6 is 0 Å². The van der Waals surface area contributed by atoms with E-state index < -0.39 is 0 Å². The van der Waals surface area contributed by atoms with E-state index in [1.54, 1.807) is 0 Å². The average Bonchev–Trinajstić information content (AvgIpc) is 2.52. The molecule has 0 saturated heterocycles. The lowest BCUT2D eigenvalue weighted by Gasteiger charge is -2.33. The molecule has 21 heavy (non-hydrogen) atoms. The van der Waals surface area contributed by atoms with Gasteiger partial charge >= 0.3 is 0 Å². The van der Waals surface area contributed by atoms with Gasteiger partial charge < -0.3 is 0 Å². The molecule has 0 unspecified atom stereocenters. The van der Waals surface area contributed by atoms with Crippen LogP contribution in [0.5, 0.6) is 0 Å². The van der Waals surface area contributed by atoms with Crippen LogP contribution in [0.3, 0.4) is 0 Å². The summed E-state index contributed by atoms with van der Waals surface area (Å²) >= 11 is 0. The van der Waals surface area contributed by atoms with Crippen molar-refractivity contribution in [1.29, 1.82) is 0 Å². The van der Waals surface area contributed by atoms with Crippen LogP contribution in [0.2, 0.25) is 0 Å². The van der Waals surface area contributed by atoms with Gasteiger partial charge in [0.15, 0.2) is 0 Å². The lowest BCUT2D eigenvalue weighted by Crippen LogP contribution is -2.42. The number of hydrogen-bond acceptors (Lipinski definition) is 1. The lowest BCUT2D eigenvalue weighted by atomic mass is 10.0. The van der Waals surface area contributed by atoms with Crippen molar-refractivity contribution >= 4 is 0 Å². The first-order chi connectivity index (χ1) is 10.1. The summed E-state index contributed by atoms with van der Waals surface area (Å²) in [6, 6.07) is 20.7. The fraction of sp³-hybridized carbons (Fsp3) is 0.300. The van der Waals surface area contributed by atoms with Crippen LogP contribution in [0.1, 0.15) is 31.9 Å².